The number of fused-ring (bicyclic) bond motifs is 3. The van der Waals surface area contributed by atoms with E-state index in [2.05, 4.69) is 15.4 Å². The first kappa shape index (κ1) is 20.6. The summed E-state index contributed by atoms with van der Waals surface area (Å²) in [5, 5.41) is 8.37. The Hall–Kier alpha value is -3.62. The lowest BCUT2D eigenvalue weighted by molar-refractivity contribution is -0.124. The third-order valence-corrected chi connectivity index (χ3v) is 5.21. The van der Waals surface area contributed by atoms with Gasteiger partial charge in [-0.15, -0.1) is 5.10 Å². The summed E-state index contributed by atoms with van der Waals surface area (Å²) >= 11 is 0. The molecule has 0 fully saturated rings. The van der Waals surface area contributed by atoms with Crippen LogP contribution in [0.25, 0.3) is 16.7 Å². The number of carbonyl (C=O) groups is 1. The summed E-state index contributed by atoms with van der Waals surface area (Å²) < 4.78 is 18.0. The van der Waals surface area contributed by atoms with E-state index in [-0.39, 0.29) is 24.5 Å². The normalized spacial score (nSPS) is 12.5. The predicted octanol–water partition coefficient (Wildman–Crippen LogP) is 3.39. The highest BCUT2D eigenvalue weighted by Crippen LogP contribution is 2.28. The molecule has 0 aliphatic carbocycles. The minimum absolute atomic E-state index is 0.0676. The van der Waals surface area contributed by atoms with Crippen LogP contribution in [0.5, 0.6) is 11.5 Å². The van der Waals surface area contributed by atoms with Gasteiger partial charge in [0.25, 0.3) is 5.91 Å². The van der Waals surface area contributed by atoms with E-state index < -0.39 is 0 Å². The van der Waals surface area contributed by atoms with Crippen molar-refractivity contribution in [2.24, 2.45) is 5.92 Å². The molecule has 3 aromatic heterocycles. The monoisotopic (exact) mass is 423 g/mol. The van der Waals surface area contributed by atoms with Gasteiger partial charge < -0.3 is 19.2 Å². The van der Waals surface area contributed by atoms with Crippen molar-refractivity contribution in [2.75, 3.05) is 13.7 Å². The minimum atomic E-state index is -0.379. The van der Waals surface area contributed by atoms with E-state index in [9.17, 15) is 4.79 Å². The number of ether oxygens (including phenoxy) is 2. The lowest BCUT2D eigenvalue weighted by atomic mass is 10.0. The minimum Gasteiger partial charge on any atom is -0.497 e. The number of furan rings is 1. The van der Waals surface area contributed by atoms with E-state index in [0.29, 0.717) is 22.9 Å². The zero-order valence-corrected chi connectivity index (χ0v) is 18.2. The molecular formula is C22H25N5O4. The molecular weight excluding hydrogens is 398 g/mol. The number of nitrogens with one attached hydrogen (secondary N) is 1. The molecule has 0 radical (unpaired) electrons. The highest BCUT2D eigenvalue weighted by molar-refractivity contribution is 5.91. The largest absolute Gasteiger partial charge is 0.497 e. The van der Waals surface area contributed by atoms with Gasteiger partial charge in [0.05, 0.1) is 18.5 Å². The number of aromatic nitrogens is 4. The van der Waals surface area contributed by atoms with Crippen LogP contribution in [0.1, 0.15) is 37.0 Å². The van der Waals surface area contributed by atoms with Crippen LogP contribution in [0.2, 0.25) is 0 Å². The molecule has 0 saturated carbocycles. The van der Waals surface area contributed by atoms with Crippen molar-refractivity contribution < 1.29 is 18.7 Å². The Morgan fingerprint density at radius 3 is 2.58 bits per heavy atom. The molecule has 0 aliphatic heterocycles. The maximum Gasteiger partial charge on any atom is 0.258 e. The third-order valence-electron chi connectivity index (χ3n) is 5.21. The standard InChI is InChI=1S/C22H25N5O4/c1-12(2)19(24-17(28)10-30-16-8-6-15(29-5)7-9-16)20-25-21-18-13(3)14(4)31-22(18)23-11-27(21)26-20/h6-9,11-12,19H,10H2,1-5H3,(H,24,28). The van der Waals surface area contributed by atoms with Crippen LogP contribution in [-0.4, -0.2) is 39.2 Å². The summed E-state index contributed by atoms with van der Waals surface area (Å²) in [6.07, 6.45) is 1.57. The van der Waals surface area contributed by atoms with Gasteiger partial charge in [-0.1, -0.05) is 13.8 Å². The van der Waals surface area contributed by atoms with E-state index in [1.165, 1.54) is 0 Å². The summed E-state index contributed by atoms with van der Waals surface area (Å²) in [7, 11) is 1.60. The van der Waals surface area contributed by atoms with E-state index in [4.69, 9.17) is 18.9 Å². The molecule has 0 saturated heterocycles. The molecule has 1 atom stereocenters. The first-order valence-corrected chi connectivity index (χ1v) is 10.0. The van der Waals surface area contributed by atoms with E-state index >= 15 is 0 Å². The Balaban J connectivity index is 1.53. The molecule has 0 spiro atoms. The fourth-order valence-electron chi connectivity index (χ4n) is 3.36. The van der Waals surface area contributed by atoms with E-state index in [0.717, 1.165) is 22.5 Å². The molecule has 162 valence electrons. The fourth-order valence-corrected chi connectivity index (χ4v) is 3.36. The molecule has 0 bridgehead atoms. The van der Waals surface area contributed by atoms with Gasteiger partial charge in [-0.2, -0.15) is 0 Å². The average Bonchev–Trinajstić information content (AvgIpc) is 3.31. The van der Waals surface area contributed by atoms with Crippen molar-refractivity contribution in [3.8, 4) is 11.5 Å². The summed E-state index contributed by atoms with van der Waals surface area (Å²) in [5.41, 5.74) is 2.16. The SMILES string of the molecule is COc1ccc(OCC(=O)NC(c2nc3c4c(C)c(C)oc4ncn3n2)C(C)C)cc1. The van der Waals surface area contributed by atoms with Gasteiger partial charge in [0.15, 0.2) is 18.1 Å². The Morgan fingerprint density at radius 2 is 1.90 bits per heavy atom. The molecule has 1 aromatic carbocycles. The lowest BCUT2D eigenvalue weighted by Gasteiger charge is -2.19. The first-order valence-electron chi connectivity index (χ1n) is 10.0. The average molecular weight is 423 g/mol. The summed E-state index contributed by atoms with van der Waals surface area (Å²) in [6, 6.07) is 6.68. The second-order valence-corrected chi connectivity index (χ2v) is 7.70. The van der Waals surface area contributed by atoms with Crippen LogP contribution in [0, 0.1) is 19.8 Å². The molecule has 3 heterocycles. The number of carbonyl (C=O) groups excluding carboxylic acids is 1. The van der Waals surface area contributed by atoms with Crippen molar-refractivity contribution in [2.45, 2.75) is 33.7 Å². The number of hydrogen-bond acceptors (Lipinski definition) is 7. The molecule has 31 heavy (non-hydrogen) atoms. The van der Waals surface area contributed by atoms with Gasteiger partial charge in [0, 0.05) is 5.56 Å². The van der Waals surface area contributed by atoms with Gasteiger partial charge in [0.2, 0.25) is 5.71 Å². The number of benzene rings is 1. The Morgan fingerprint density at radius 1 is 1.19 bits per heavy atom. The van der Waals surface area contributed by atoms with Crippen molar-refractivity contribution in [3.63, 3.8) is 0 Å². The number of rotatable bonds is 7. The van der Waals surface area contributed by atoms with Crippen LogP contribution in [0.4, 0.5) is 0 Å². The molecule has 1 unspecified atom stereocenters. The van der Waals surface area contributed by atoms with Crippen LogP contribution in [0.15, 0.2) is 35.0 Å². The van der Waals surface area contributed by atoms with Crippen LogP contribution in [0.3, 0.4) is 0 Å². The maximum atomic E-state index is 12.6. The van der Waals surface area contributed by atoms with E-state index in [1.54, 1.807) is 42.2 Å². The number of methoxy groups -OCH3 is 1. The summed E-state index contributed by atoms with van der Waals surface area (Å²) in [5.74, 6) is 2.43. The van der Waals surface area contributed by atoms with Crippen molar-refractivity contribution in [1.82, 2.24) is 24.9 Å². The Labute approximate surface area is 179 Å². The summed E-state index contributed by atoms with van der Waals surface area (Å²) in [6.45, 7) is 7.75. The van der Waals surface area contributed by atoms with Gasteiger partial charge in [-0.25, -0.2) is 14.5 Å². The molecule has 4 rings (SSSR count). The zero-order chi connectivity index (χ0) is 22.1. The topological polar surface area (TPSA) is 104 Å². The first-order chi connectivity index (χ1) is 14.9. The smallest absolute Gasteiger partial charge is 0.258 e. The van der Waals surface area contributed by atoms with Gasteiger partial charge in [-0.05, 0) is 44.0 Å². The third kappa shape index (κ3) is 4.03. The number of aryl methyl sites for hydroxylation is 2. The fraction of sp³-hybridized carbons (Fsp3) is 0.364. The summed E-state index contributed by atoms with van der Waals surface area (Å²) in [4.78, 5) is 21.6. The van der Waals surface area contributed by atoms with Gasteiger partial charge in [-0.3, -0.25) is 4.79 Å². The van der Waals surface area contributed by atoms with Crippen LogP contribution in [-0.2, 0) is 4.79 Å². The van der Waals surface area contributed by atoms with Crippen LogP contribution < -0.4 is 14.8 Å². The van der Waals surface area contributed by atoms with Crippen LogP contribution >= 0.6 is 0 Å². The highest BCUT2D eigenvalue weighted by Gasteiger charge is 2.25. The highest BCUT2D eigenvalue weighted by atomic mass is 16.5. The number of nitrogens with zero attached hydrogens (tertiary/aromatic N) is 4. The number of hydrogen-bond donors (Lipinski definition) is 1. The van der Waals surface area contributed by atoms with Gasteiger partial charge >= 0.3 is 0 Å². The Kier molecular flexibility index (Phi) is 5.50. The maximum absolute atomic E-state index is 12.6. The van der Waals surface area contributed by atoms with Gasteiger partial charge in [0.1, 0.15) is 23.6 Å². The molecule has 9 heteroatoms. The molecule has 1 amide bonds. The molecule has 9 nitrogen and oxygen atoms in total. The molecule has 0 aliphatic rings. The lowest BCUT2D eigenvalue weighted by Crippen LogP contribution is -2.35. The number of amides is 1. The zero-order valence-electron chi connectivity index (χ0n) is 18.2. The van der Waals surface area contributed by atoms with E-state index in [1.807, 2.05) is 27.7 Å². The second-order valence-electron chi connectivity index (χ2n) is 7.70. The molecule has 1 N–H and O–H groups in total. The van der Waals surface area contributed by atoms with Crippen molar-refractivity contribution in [3.05, 3.63) is 47.7 Å². The van der Waals surface area contributed by atoms with Crippen molar-refractivity contribution >= 4 is 22.7 Å². The van der Waals surface area contributed by atoms with Crippen molar-refractivity contribution in [1.29, 1.82) is 0 Å². The predicted molar refractivity (Wildman–Crippen MR) is 114 cm³/mol. The Bertz CT molecular complexity index is 1230. The second kappa shape index (κ2) is 8.25. The molecule has 4 aromatic rings. The quantitative estimate of drug-likeness (QED) is 0.486.